The summed E-state index contributed by atoms with van der Waals surface area (Å²) in [5.41, 5.74) is 0.921. The molecule has 0 bridgehead atoms. The number of fused-ring (bicyclic) bond motifs is 1. The molecular weight excluding hydrogens is 242 g/mol. The van der Waals surface area contributed by atoms with E-state index in [1.165, 1.54) is 0 Å². The highest BCUT2D eigenvalue weighted by molar-refractivity contribution is 5.78. The number of pyridine rings is 1. The third kappa shape index (κ3) is 3.91. The lowest BCUT2D eigenvalue weighted by atomic mass is 10.2. The standard InChI is InChI=1S/C15H19NO3/c1-3-17-15(18-4-2)11-19-14-10-9-12-7-5-6-8-13(12)16-14/h5-10,15H,3-4,11H2,1-2H3. The summed E-state index contributed by atoms with van der Waals surface area (Å²) in [5, 5.41) is 1.10. The molecule has 1 aromatic heterocycles. The zero-order valence-electron chi connectivity index (χ0n) is 11.3. The van der Waals surface area contributed by atoms with Gasteiger partial charge in [-0.1, -0.05) is 18.2 Å². The molecule has 102 valence electrons. The van der Waals surface area contributed by atoms with Gasteiger partial charge in [0.1, 0.15) is 6.61 Å². The summed E-state index contributed by atoms with van der Waals surface area (Å²) in [7, 11) is 0. The number of hydrogen-bond donors (Lipinski definition) is 0. The van der Waals surface area contributed by atoms with Crippen LogP contribution >= 0.6 is 0 Å². The van der Waals surface area contributed by atoms with Crippen LogP contribution in [-0.2, 0) is 9.47 Å². The van der Waals surface area contributed by atoms with Crippen molar-refractivity contribution in [3.63, 3.8) is 0 Å². The summed E-state index contributed by atoms with van der Waals surface area (Å²) < 4.78 is 16.5. The molecule has 2 aromatic rings. The van der Waals surface area contributed by atoms with E-state index < -0.39 is 0 Å². The molecule has 0 atom stereocenters. The Balaban J connectivity index is 2.00. The summed E-state index contributed by atoms with van der Waals surface area (Å²) in [6.45, 7) is 5.39. The third-order valence-electron chi connectivity index (χ3n) is 2.65. The van der Waals surface area contributed by atoms with Crippen LogP contribution in [0.4, 0.5) is 0 Å². The van der Waals surface area contributed by atoms with E-state index in [9.17, 15) is 0 Å². The first-order valence-corrected chi connectivity index (χ1v) is 6.55. The molecule has 0 aliphatic rings. The lowest BCUT2D eigenvalue weighted by Gasteiger charge is -2.17. The lowest BCUT2D eigenvalue weighted by molar-refractivity contribution is -0.152. The smallest absolute Gasteiger partial charge is 0.213 e. The van der Waals surface area contributed by atoms with Gasteiger partial charge in [0.25, 0.3) is 0 Å². The highest BCUT2D eigenvalue weighted by atomic mass is 16.7. The Bertz CT molecular complexity index is 509. The Hall–Kier alpha value is -1.65. The Labute approximate surface area is 113 Å². The molecule has 0 aliphatic carbocycles. The van der Waals surface area contributed by atoms with Gasteiger partial charge in [0.2, 0.25) is 5.88 Å². The van der Waals surface area contributed by atoms with E-state index in [0.717, 1.165) is 10.9 Å². The summed E-state index contributed by atoms with van der Waals surface area (Å²) in [4.78, 5) is 4.43. The second-order valence-electron chi connectivity index (χ2n) is 3.99. The number of aromatic nitrogens is 1. The van der Waals surface area contributed by atoms with E-state index >= 15 is 0 Å². The highest BCUT2D eigenvalue weighted by Crippen LogP contribution is 2.16. The van der Waals surface area contributed by atoms with Crippen LogP contribution in [0.25, 0.3) is 10.9 Å². The first-order valence-electron chi connectivity index (χ1n) is 6.55. The molecule has 0 saturated carbocycles. The van der Waals surface area contributed by atoms with Gasteiger partial charge in [0.05, 0.1) is 5.52 Å². The fraction of sp³-hybridized carbons (Fsp3) is 0.400. The average molecular weight is 261 g/mol. The van der Waals surface area contributed by atoms with Gasteiger partial charge in [-0.15, -0.1) is 0 Å². The maximum absolute atomic E-state index is 5.62. The van der Waals surface area contributed by atoms with E-state index in [1.54, 1.807) is 0 Å². The molecule has 0 unspecified atom stereocenters. The molecule has 0 amide bonds. The number of benzene rings is 1. The van der Waals surface area contributed by atoms with Gasteiger partial charge in [-0.25, -0.2) is 4.98 Å². The first kappa shape index (κ1) is 13.8. The monoisotopic (exact) mass is 261 g/mol. The third-order valence-corrected chi connectivity index (χ3v) is 2.65. The van der Waals surface area contributed by atoms with E-state index in [2.05, 4.69) is 4.98 Å². The largest absolute Gasteiger partial charge is 0.472 e. The van der Waals surface area contributed by atoms with Crippen LogP contribution in [0.15, 0.2) is 36.4 Å². The van der Waals surface area contributed by atoms with Crippen molar-refractivity contribution in [1.82, 2.24) is 4.98 Å². The summed E-state index contributed by atoms with van der Waals surface area (Å²) >= 11 is 0. The Morgan fingerprint density at radius 2 is 1.74 bits per heavy atom. The van der Waals surface area contributed by atoms with E-state index in [1.807, 2.05) is 50.2 Å². The molecule has 1 heterocycles. The Kier molecular flexibility index (Phi) is 5.12. The van der Waals surface area contributed by atoms with Crippen LogP contribution in [-0.4, -0.2) is 31.1 Å². The maximum atomic E-state index is 5.62. The molecule has 0 radical (unpaired) electrons. The molecule has 0 spiro atoms. The van der Waals surface area contributed by atoms with Gasteiger partial charge in [0, 0.05) is 24.7 Å². The summed E-state index contributed by atoms with van der Waals surface area (Å²) in [6.07, 6.45) is -0.344. The number of ether oxygens (including phenoxy) is 3. The molecular formula is C15H19NO3. The quantitative estimate of drug-likeness (QED) is 0.718. The van der Waals surface area contributed by atoms with Crippen molar-refractivity contribution in [1.29, 1.82) is 0 Å². The minimum atomic E-state index is -0.344. The van der Waals surface area contributed by atoms with Crippen molar-refractivity contribution in [3.05, 3.63) is 36.4 Å². The number of rotatable bonds is 7. The fourth-order valence-corrected chi connectivity index (χ4v) is 1.80. The maximum Gasteiger partial charge on any atom is 0.213 e. The molecule has 0 saturated heterocycles. The van der Waals surface area contributed by atoms with Crippen molar-refractivity contribution >= 4 is 10.9 Å². The van der Waals surface area contributed by atoms with Crippen LogP contribution in [0.5, 0.6) is 5.88 Å². The molecule has 0 N–H and O–H groups in total. The van der Waals surface area contributed by atoms with Gasteiger partial charge < -0.3 is 14.2 Å². The van der Waals surface area contributed by atoms with Crippen molar-refractivity contribution in [2.75, 3.05) is 19.8 Å². The highest BCUT2D eigenvalue weighted by Gasteiger charge is 2.09. The molecule has 0 aliphatic heterocycles. The Morgan fingerprint density at radius 1 is 1.00 bits per heavy atom. The molecule has 1 aromatic carbocycles. The van der Waals surface area contributed by atoms with Gasteiger partial charge in [-0.05, 0) is 26.0 Å². The van der Waals surface area contributed by atoms with Crippen LogP contribution in [0.2, 0.25) is 0 Å². The predicted octanol–water partition coefficient (Wildman–Crippen LogP) is 3.01. The first-order chi connectivity index (χ1) is 9.33. The summed E-state index contributed by atoms with van der Waals surface area (Å²) in [5.74, 6) is 0.586. The van der Waals surface area contributed by atoms with E-state index in [4.69, 9.17) is 14.2 Å². The fourth-order valence-electron chi connectivity index (χ4n) is 1.80. The van der Waals surface area contributed by atoms with Gasteiger partial charge in [-0.2, -0.15) is 0 Å². The van der Waals surface area contributed by atoms with Crippen LogP contribution in [0, 0.1) is 0 Å². The van der Waals surface area contributed by atoms with Crippen molar-refractivity contribution < 1.29 is 14.2 Å². The number of nitrogens with zero attached hydrogens (tertiary/aromatic N) is 1. The Morgan fingerprint density at radius 3 is 2.47 bits per heavy atom. The molecule has 2 rings (SSSR count). The van der Waals surface area contributed by atoms with Crippen molar-refractivity contribution in [3.8, 4) is 5.88 Å². The minimum Gasteiger partial charge on any atom is -0.472 e. The predicted molar refractivity (Wildman–Crippen MR) is 74.3 cm³/mol. The molecule has 4 heteroatoms. The number of para-hydroxylation sites is 1. The zero-order valence-corrected chi connectivity index (χ0v) is 11.3. The normalized spacial score (nSPS) is 11.1. The van der Waals surface area contributed by atoms with Gasteiger partial charge >= 0.3 is 0 Å². The van der Waals surface area contributed by atoms with Crippen LogP contribution in [0.3, 0.4) is 0 Å². The van der Waals surface area contributed by atoms with Gasteiger partial charge in [-0.3, -0.25) is 0 Å². The molecule has 0 fully saturated rings. The molecule has 19 heavy (non-hydrogen) atoms. The van der Waals surface area contributed by atoms with Crippen LogP contribution in [0.1, 0.15) is 13.8 Å². The second kappa shape index (κ2) is 7.07. The van der Waals surface area contributed by atoms with E-state index in [0.29, 0.717) is 25.7 Å². The van der Waals surface area contributed by atoms with Crippen molar-refractivity contribution in [2.24, 2.45) is 0 Å². The topological polar surface area (TPSA) is 40.6 Å². The number of hydrogen-bond acceptors (Lipinski definition) is 4. The van der Waals surface area contributed by atoms with Crippen LogP contribution < -0.4 is 4.74 Å². The van der Waals surface area contributed by atoms with Crippen molar-refractivity contribution in [2.45, 2.75) is 20.1 Å². The SMILES string of the molecule is CCOC(COc1ccc2ccccc2n1)OCC. The average Bonchev–Trinajstić information content (AvgIpc) is 2.45. The summed E-state index contributed by atoms with van der Waals surface area (Å²) in [6, 6.07) is 11.8. The minimum absolute atomic E-state index is 0.340. The van der Waals surface area contributed by atoms with Gasteiger partial charge in [0.15, 0.2) is 6.29 Å². The molecule has 4 nitrogen and oxygen atoms in total. The van der Waals surface area contributed by atoms with E-state index in [-0.39, 0.29) is 6.29 Å². The second-order valence-corrected chi connectivity index (χ2v) is 3.99. The lowest BCUT2D eigenvalue weighted by Crippen LogP contribution is -2.25. The zero-order chi connectivity index (χ0) is 13.5.